The lowest BCUT2D eigenvalue weighted by Gasteiger charge is -2.27. The van der Waals surface area contributed by atoms with E-state index in [2.05, 4.69) is 112 Å². The predicted octanol–water partition coefficient (Wildman–Crippen LogP) is 8.15. The van der Waals surface area contributed by atoms with Gasteiger partial charge in [0.15, 0.2) is 0 Å². The van der Waals surface area contributed by atoms with Crippen molar-refractivity contribution >= 4 is 0 Å². The van der Waals surface area contributed by atoms with Crippen LogP contribution in [0.4, 0.5) is 0 Å². The van der Waals surface area contributed by atoms with Crippen molar-refractivity contribution in [2.24, 2.45) is 0 Å². The van der Waals surface area contributed by atoms with Crippen LogP contribution in [0.3, 0.4) is 0 Å². The minimum atomic E-state index is 1.01. The lowest BCUT2D eigenvalue weighted by atomic mass is 9.78. The Morgan fingerprint density at radius 1 is 0.333 bits per heavy atom. The van der Waals surface area contributed by atoms with Crippen molar-refractivity contribution in [2.75, 3.05) is 0 Å². The highest BCUT2D eigenvalue weighted by Gasteiger charge is 2.22. The maximum atomic E-state index is 2.34. The quantitative estimate of drug-likeness (QED) is 0.250. The van der Waals surface area contributed by atoms with E-state index in [9.17, 15) is 0 Å². The fourth-order valence-corrected chi connectivity index (χ4v) is 5.41. The molecule has 0 spiro atoms. The highest BCUT2D eigenvalue weighted by Crippen LogP contribution is 2.34. The van der Waals surface area contributed by atoms with E-state index >= 15 is 0 Å². The van der Waals surface area contributed by atoms with E-state index in [1.54, 1.807) is 33.4 Å². The molecule has 0 unspecified atom stereocenters. The molecule has 168 valence electrons. The lowest BCUT2D eigenvalue weighted by molar-refractivity contribution is 0.899. The molecule has 0 fully saturated rings. The molecule has 4 rings (SSSR count). The maximum absolute atomic E-state index is 2.34. The number of rotatable bonds is 9. The molecule has 0 atom stereocenters. The van der Waals surface area contributed by atoms with Gasteiger partial charge in [0.05, 0.1) is 0 Å². The van der Waals surface area contributed by atoms with Gasteiger partial charge in [-0.3, -0.25) is 0 Å². The number of hydrogen-bond donors (Lipinski definition) is 0. The monoisotopic (exact) mass is 432 g/mol. The van der Waals surface area contributed by atoms with Gasteiger partial charge in [-0.2, -0.15) is 0 Å². The van der Waals surface area contributed by atoms with E-state index in [0.29, 0.717) is 0 Å². The second kappa shape index (κ2) is 11.1. The smallest absolute Gasteiger partial charge is 0.00201 e. The third-order valence-corrected chi connectivity index (χ3v) is 6.92. The van der Waals surface area contributed by atoms with E-state index in [4.69, 9.17) is 0 Å². The van der Waals surface area contributed by atoms with Gasteiger partial charge in [-0.25, -0.2) is 0 Å². The molecule has 0 aliphatic rings. The normalized spacial score (nSPS) is 11.0. The maximum Gasteiger partial charge on any atom is -0.00201 e. The Kier molecular flexibility index (Phi) is 7.79. The first-order valence-electron chi connectivity index (χ1n) is 12.5. The van der Waals surface area contributed by atoms with Crippen LogP contribution in [0.25, 0.3) is 0 Å². The molecule has 33 heavy (non-hydrogen) atoms. The Balaban J connectivity index is 1.95. The van der Waals surface area contributed by atoms with Crippen LogP contribution >= 0.6 is 0 Å². The standard InChI is InChI=1S/C33H36/c1-4-28-31(22-25-16-10-7-11-17-25)29(5-2)33(24-27-20-14-9-15-21-27)30(6-3)32(28)23-26-18-12-8-13-19-26/h7-21H,4-6,22-24H2,1-3H3. The molecule has 0 aliphatic carbocycles. The third kappa shape index (κ3) is 5.28. The number of hydrogen-bond acceptors (Lipinski definition) is 0. The zero-order chi connectivity index (χ0) is 23.0. The molecule has 4 aromatic carbocycles. The largest absolute Gasteiger partial charge is 0.0622 e. The highest BCUT2D eigenvalue weighted by molar-refractivity contribution is 5.56. The van der Waals surface area contributed by atoms with Crippen LogP contribution < -0.4 is 0 Å². The van der Waals surface area contributed by atoms with Crippen LogP contribution in [0, 0.1) is 0 Å². The fourth-order valence-electron chi connectivity index (χ4n) is 5.41. The lowest BCUT2D eigenvalue weighted by Crippen LogP contribution is -2.14. The van der Waals surface area contributed by atoms with Gasteiger partial charge in [-0.15, -0.1) is 0 Å². The molecule has 0 aromatic heterocycles. The van der Waals surface area contributed by atoms with E-state index in [1.807, 2.05) is 0 Å². The van der Waals surface area contributed by atoms with Crippen molar-refractivity contribution in [2.45, 2.75) is 59.3 Å². The minimum Gasteiger partial charge on any atom is -0.0622 e. The van der Waals surface area contributed by atoms with E-state index in [0.717, 1.165) is 38.5 Å². The Morgan fingerprint density at radius 3 is 0.788 bits per heavy atom. The molecule has 0 nitrogen and oxygen atoms in total. The van der Waals surface area contributed by atoms with Gasteiger partial charge in [-0.05, 0) is 88.6 Å². The molecule has 0 heterocycles. The Labute approximate surface area is 200 Å². The first-order chi connectivity index (χ1) is 16.2. The summed E-state index contributed by atoms with van der Waals surface area (Å²) in [6.07, 6.45) is 6.28. The summed E-state index contributed by atoms with van der Waals surface area (Å²) in [5.74, 6) is 0. The average Bonchev–Trinajstić information content (AvgIpc) is 2.86. The summed E-state index contributed by atoms with van der Waals surface area (Å²) < 4.78 is 0. The Morgan fingerprint density at radius 2 is 0.576 bits per heavy atom. The van der Waals surface area contributed by atoms with Crippen molar-refractivity contribution in [3.8, 4) is 0 Å². The van der Waals surface area contributed by atoms with Crippen LogP contribution in [-0.2, 0) is 38.5 Å². The van der Waals surface area contributed by atoms with Crippen molar-refractivity contribution in [3.05, 3.63) is 141 Å². The first kappa shape index (κ1) is 23.1. The Bertz CT molecular complexity index is 983. The molecular formula is C33H36. The van der Waals surface area contributed by atoms with Gasteiger partial charge in [0, 0.05) is 0 Å². The molecule has 0 aliphatic heterocycles. The van der Waals surface area contributed by atoms with Crippen LogP contribution in [0.15, 0.2) is 91.0 Å². The molecule has 0 N–H and O–H groups in total. The van der Waals surface area contributed by atoms with Crippen LogP contribution in [0.5, 0.6) is 0 Å². The molecule has 0 heteroatoms. The van der Waals surface area contributed by atoms with Gasteiger partial charge in [0.2, 0.25) is 0 Å². The number of benzene rings is 4. The second-order valence-corrected chi connectivity index (χ2v) is 8.92. The van der Waals surface area contributed by atoms with Crippen LogP contribution in [0.2, 0.25) is 0 Å². The van der Waals surface area contributed by atoms with Crippen LogP contribution in [0.1, 0.15) is 70.8 Å². The summed E-state index contributed by atoms with van der Waals surface area (Å²) in [6.45, 7) is 7.02. The van der Waals surface area contributed by atoms with Crippen molar-refractivity contribution in [3.63, 3.8) is 0 Å². The van der Waals surface area contributed by atoms with Crippen molar-refractivity contribution in [1.82, 2.24) is 0 Å². The van der Waals surface area contributed by atoms with E-state index < -0.39 is 0 Å². The summed E-state index contributed by atoms with van der Waals surface area (Å²) in [7, 11) is 0. The molecule has 0 bridgehead atoms. The fraction of sp³-hybridized carbons (Fsp3) is 0.273. The predicted molar refractivity (Wildman–Crippen MR) is 142 cm³/mol. The van der Waals surface area contributed by atoms with Gasteiger partial charge in [0.25, 0.3) is 0 Å². The van der Waals surface area contributed by atoms with Crippen LogP contribution in [-0.4, -0.2) is 0 Å². The summed E-state index contributed by atoms with van der Waals surface area (Å²) in [6, 6.07) is 33.0. The second-order valence-electron chi connectivity index (χ2n) is 8.92. The van der Waals surface area contributed by atoms with Crippen molar-refractivity contribution < 1.29 is 0 Å². The molecular weight excluding hydrogens is 396 g/mol. The summed E-state index contributed by atoms with van der Waals surface area (Å²) >= 11 is 0. The first-order valence-corrected chi connectivity index (χ1v) is 12.5. The minimum absolute atomic E-state index is 1.01. The average molecular weight is 433 g/mol. The topological polar surface area (TPSA) is 0 Å². The summed E-state index contributed by atoms with van der Waals surface area (Å²) in [5.41, 5.74) is 13.7. The molecule has 0 radical (unpaired) electrons. The zero-order valence-electron chi connectivity index (χ0n) is 20.4. The zero-order valence-corrected chi connectivity index (χ0v) is 20.4. The van der Waals surface area contributed by atoms with E-state index in [-0.39, 0.29) is 0 Å². The molecule has 4 aromatic rings. The van der Waals surface area contributed by atoms with Gasteiger partial charge in [0.1, 0.15) is 0 Å². The molecule has 0 saturated heterocycles. The molecule has 0 saturated carbocycles. The van der Waals surface area contributed by atoms with E-state index in [1.165, 1.54) is 16.7 Å². The Hall–Kier alpha value is -3.12. The van der Waals surface area contributed by atoms with Gasteiger partial charge in [-0.1, -0.05) is 112 Å². The SMILES string of the molecule is CCc1c(Cc2ccccc2)c(CC)c(Cc2ccccc2)c(CC)c1Cc1ccccc1. The summed E-state index contributed by atoms with van der Waals surface area (Å²) in [5, 5.41) is 0. The molecule has 0 amide bonds. The summed E-state index contributed by atoms with van der Waals surface area (Å²) in [4.78, 5) is 0. The highest BCUT2D eigenvalue weighted by atomic mass is 14.3. The van der Waals surface area contributed by atoms with Gasteiger partial charge < -0.3 is 0 Å². The van der Waals surface area contributed by atoms with Crippen molar-refractivity contribution in [1.29, 1.82) is 0 Å². The third-order valence-electron chi connectivity index (χ3n) is 6.92. The van der Waals surface area contributed by atoms with Gasteiger partial charge >= 0.3 is 0 Å².